The fourth-order valence-corrected chi connectivity index (χ4v) is 4.94. The first kappa shape index (κ1) is 26.9. The highest BCUT2D eigenvalue weighted by Gasteiger charge is 2.33. The zero-order valence-electron chi connectivity index (χ0n) is 22.1. The maximum atomic E-state index is 14.2. The van der Waals surface area contributed by atoms with Crippen LogP contribution in [-0.4, -0.2) is 45.9 Å². The third-order valence-electron chi connectivity index (χ3n) is 6.79. The van der Waals surface area contributed by atoms with Crippen LogP contribution in [0.1, 0.15) is 30.6 Å². The van der Waals surface area contributed by atoms with E-state index in [0.717, 1.165) is 23.4 Å². The molecule has 0 radical (unpaired) electrons. The number of benzene rings is 3. The highest BCUT2D eigenvalue weighted by Crippen LogP contribution is 2.35. The minimum absolute atomic E-state index is 0.149. The fourth-order valence-electron chi connectivity index (χ4n) is 4.94. The van der Waals surface area contributed by atoms with Gasteiger partial charge >= 0.3 is 6.03 Å². The van der Waals surface area contributed by atoms with Crippen molar-refractivity contribution in [3.8, 4) is 11.5 Å². The number of carbonyl (C=O) groups is 2. The van der Waals surface area contributed by atoms with Crippen LogP contribution in [0.2, 0.25) is 0 Å². The summed E-state index contributed by atoms with van der Waals surface area (Å²) in [4.78, 5) is 30.0. The van der Waals surface area contributed by atoms with Crippen LogP contribution in [0.15, 0.2) is 91.1 Å². The zero-order valence-corrected chi connectivity index (χ0v) is 22.1. The monoisotopic (exact) mass is 544 g/mol. The molecule has 3 aromatic carbocycles. The number of nitrogens with zero attached hydrogens (tertiary/aromatic N) is 3. The molecule has 1 unspecified atom stereocenters. The van der Waals surface area contributed by atoms with Gasteiger partial charge in [-0.2, -0.15) is 0 Å². The Bertz CT molecular complexity index is 1490. The molecule has 1 aliphatic rings. The topological polar surface area (TPSA) is 66.8 Å². The summed E-state index contributed by atoms with van der Waals surface area (Å²) < 4.78 is 35.7. The molecule has 1 N–H and O–H groups in total. The Kier molecular flexibility index (Phi) is 8.10. The molecule has 0 saturated carbocycles. The van der Waals surface area contributed by atoms with E-state index in [1.54, 1.807) is 4.90 Å². The van der Waals surface area contributed by atoms with E-state index < -0.39 is 23.7 Å². The van der Waals surface area contributed by atoms with E-state index in [9.17, 15) is 18.4 Å². The first-order valence-corrected chi connectivity index (χ1v) is 13.2. The van der Waals surface area contributed by atoms with E-state index in [-0.39, 0.29) is 24.7 Å². The minimum atomic E-state index is -0.884. The SMILES string of the molecule is CCCN(CC(=O)N1CCn2cccc2C1c1cccc(Oc2ccccc2)c1)C(=O)Nc1ccc(F)cc1F. The second-order valence-corrected chi connectivity index (χ2v) is 9.58. The Balaban J connectivity index is 1.38. The van der Waals surface area contributed by atoms with Crippen molar-refractivity contribution in [1.82, 2.24) is 14.4 Å². The molecule has 0 bridgehead atoms. The van der Waals surface area contributed by atoms with Gasteiger partial charge in [0.25, 0.3) is 0 Å². The van der Waals surface area contributed by atoms with Crippen LogP contribution in [0.4, 0.5) is 19.3 Å². The van der Waals surface area contributed by atoms with E-state index in [1.165, 1.54) is 4.90 Å². The summed E-state index contributed by atoms with van der Waals surface area (Å²) in [6, 6.07) is 23.0. The summed E-state index contributed by atoms with van der Waals surface area (Å²) in [6.45, 7) is 3.04. The highest BCUT2D eigenvalue weighted by atomic mass is 19.1. The number of halogens is 2. The Morgan fingerprint density at radius 2 is 1.75 bits per heavy atom. The largest absolute Gasteiger partial charge is 0.457 e. The molecular weight excluding hydrogens is 514 g/mol. The molecule has 9 heteroatoms. The Hall–Kier alpha value is -4.66. The maximum absolute atomic E-state index is 14.2. The predicted octanol–water partition coefficient (Wildman–Crippen LogP) is 6.43. The molecule has 1 atom stereocenters. The molecule has 3 amide bonds. The molecule has 0 spiro atoms. The van der Waals surface area contributed by atoms with Gasteiger partial charge in [-0.05, 0) is 60.5 Å². The number of anilines is 1. The molecule has 1 aromatic heterocycles. The molecule has 7 nitrogen and oxygen atoms in total. The van der Waals surface area contributed by atoms with Crippen molar-refractivity contribution in [1.29, 1.82) is 0 Å². The predicted molar refractivity (Wildman–Crippen MR) is 148 cm³/mol. The third-order valence-corrected chi connectivity index (χ3v) is 6.79. The molecule has 1 aliphatic heterocycles. The lowest BCUT2D eigenvalue weighted by Gasteiger charge is -2.38. The summed E-state index contributed by atoms with van der Waals surface area (Å²) in [5.74, 6) is -0.512. The molecule has 5 rings (SSSR count). The van der Waals surface area contributed by atoms with Crippen molar-refractivity contribution in [2.24, 2.45) is 0 Å². The number of hydrogen-bond acceptors (Lipinski definition) is 3. The number of aromatic nitrogens is 1. The number of amides is 3. The Labute approximate surface area is 231 Å². The van der Waals surface area contributed by atoms with Gasteiger partial charge in [-0.25, -0.2) is 13.6 Å². The lowest BCUT2D eigenvalue weighted by atomic mass is 9.99. The summed E-state index contributed by atoms with van der Waals surface area (Å²) in [7, 11) is 0. The van der Waals surface area contributed by atoms with E-state index in [4.69, 9.17) is 4.74 Å². The highest BCUT2D eigenvalue weighted by molar-refractivity contribution is 5.92. The Morgan fingerprint density at radius 3 is 2.52 bits per heavy atom. The molecule has 0 saturated heterocycles. The molecular formula is C31H30F2N4O3. The van der Waals surface area contributed by atoms with Crippen molar-refractivity contribution in [3.63, 3.8) is 0 Å². The van der Waals surface area contributed by atoms with E-state index in [0.29, 0.717) is 37.1 Å². The lowest BCUT2D eigenvalue weighted by molar-refractivity contribution is -0.134. The van der Waals surface area contributed by atoms with Crippen LogP contribution in [0.5, 0.6) is 11.5 Å². The van der Waals surface area contributed by atoms with Crippen molar-refractivity contribution >= 4 is 17.6 Å². The zero-order chi connectivity index (χ0) is 28.1. The third kappa shape index (κ3) is 5.98. The normalized spacial score (nSPS) is 14.4. The van der Waals surface area contributed by atoms with Gasteiger partial charge in [-0.3, -0.25) is 4.79 Å². The minimum Gasteiger partial charge on any atom is -0.457 e. The molecule has 2 heterocycles. The van der Waals surface area contributed by atoms with Gasteiger partial charge in [-0.15, -0.1) is 0 Å². The van der Waals surface area contributed by atoms with Crippen molar-refractivity contribution in [2.45, 2.75) is 25.9 Å². The van der Waals surface area contributed by atoms with E-state index in [2.05, 4.69) is 9.88 Å². The molecule has 4 aromatic rings. The average Bonchev–Trinajstić information content (AvgIpc) is 3.43. The standard InChI is InChI=1S/C31H30F2N4O3/c1-2-15-36(31(39)34-27-14-13-23(32)20-26(27)33)21-29(38)37-18-17-35-16-7-12-28(35)30(37)22-8-6-11-25(19-22)40-24-9-4-3-5-10-24/h3-14,16,19-20,30H,2,15,17-18,21H2,1H3,(H,34,39). The lowest BCUT2D eigenvalue weighted by Crippen LogP contribution is -2.49. The maximum Gasteiger partial charge on any atom is 0.322 e. The molecule has 0 aliphatic carbocycles. The average molecular weight is 545 g/mol. The smallest absolute Gasteiger partial charge is 0.322 e. The van der Waals surface area contributed by atoms with Gasteiger partial charge in [-0.1, -0.05) is 37.3 Å². The van der Waals surface area contributed by atoms with Gasteiger partial charge in [0.1, 0.15) is 29.7 Å². The van der Waals surface area contributed by atoms with Gasteiger partial charge in [0, 0.05) is 37.6 Å². The van der Waals surface area contributed by atoms with Crippen LogP contribution < -0.4 is 10.1 Å². The first-order chi connectivity index (χ1) is 19.4. The molecule has 40 heavy (non-hydrogen) atoms. The second kappa shape index (κ2) is 12.0. The van der Waals surface area contributed by atoms with Crippen LogP contribution in [0.3, 0.4) is 0 Å². The summed E-state index contributed by atoms with van der Waals surface area (Å²) >= 11 is 0. The van der Waals surface area contributed by atoms with Crippen molar-refractivity contribution < 1.29 is 23.1 Å². The van der Waals surface area contributed by atoms with Crippen LogP contribution in [0.25, 0.3) is 0 Å². The van der Waals surface area contributed by atoms with Crippen LogP contribution >= 0.6 is 0 Å². The summed E-state index contributed by atoms with van der Waals surface area (Å²) in [5.41, 5.74) is 1.68. The number of rotatable bonds is 8. The summed E-state index contributed by atoms with van der Waals surface area (Å²) in [6.07, 6.45) is 2.58. The fraction of sp³-hybridized carbons (Fsp3) is 0.226. The number of para-hydroxylation sites is 1. The van der Waals surface area contributed by atoms with E-state index in [1.807, 2.05) is 79.9 Å². The summed E-state index contributed by atoms with van der Waals surface area (Å²) in [5, 5.41) is 2.47. The quantitative estimate of drug-likeness (QED) is 0.278. The molecule has 0 fully saturated rings. The molecule has 206 valence electrons. The number of urea groups is 1. The van der Waals surface area contributed by atoms with Gasteiger partial charge in [0.15, 0.2) is 0 Å². The van der Waals surface area contributed by atoms with Crippen LogP contribution in [0, 0.1) is 11.6 Å². The van der Waals surface area contributed by atoms with E-state index >= 15 is 0 Å². The number of ether oxygens (including phenoxy) is 1. The first-order valence-electron chi connectivity index (χ1n) is 13.2. The number of nitrogens with one attached hydrogen (secondary N) is 1. The number of hydrogen-bond donors (Lipinski definition) is 1. The van der Waals surface area contributed by atoms with Gasteiger partial charge < -0.3 is 24.4 Å². The second-order valence-electron chi connectivity index (χ2n) is 9.58. The van der Waals surface area contributed by atoms with Gasteiger partial charge in [0.2, 0.25) is 5.91 Å². The van der Waals surface area contributed by atoms with Crippen molar-refractivity contribution in [3.05, 3.63) is 114 Å². The van der Waals surface area contributed by atoms with Crippen molar-refractivity contribution in [2.75, 3.05) is 25.0 Å². The van der Waals surface area contributed by atoms with Gasteiger partial charge in [0.05, 0.1) is 11.7 Å². The van der Waals surface area contributed by atoms with Crippen LogP contribution in [-0.2, 0) is 11.3 Å². The number of fused-ring (bicyclic) bond motifs is 1. The number of carbonyl (C=O) groups excluding carboxylic acids is 2. The Morgan fingerprint density at radius 1 is 0.950 bits per heavy atom.